The molecule has 4 nitrogen and oxygen atoms in total. The average molecular weight is 408 g/mol. The van der Waals surface area contributed by atoms with Gasteiger partial charge in [0.25, 0.3) is 5.91 Å². The summed E-state index contributed by atoms with van der Waals surface area (Å²) in [7, 11) is 2.12. The Morgan fingerprint density at radius 1 is 1.34 bits per heavy atom. The van der Waals surface area contributed by atoms with Crippen molar-refractivity contribution < 1.29 is 4.79 Å². The van der Waals surface area contributed by atoms with Crippen LogP contribution >= 0.6 is 11.6 Å². The summed E-state index contributed by atoms with van der Waals surface area (Å²) in [5.74, 6) is -0.0736. The molecule has 29 heavy (non-hydrogen) atoms. The number of benzene rings is 2. The molecule has 2 aromatic carbocycles. The molecule has 0 bridgehead atoms. The lowest BCUT2D eigenvalue weighted by Crippen LogP contribution is -2.45. The van der Waals surface area contributed by atoms with E-state index in [1.165, 1.54) is 11.3 Å². The summed E-state index contributed by atoms with van der Waals surface area (Å²) < 4.78 is 0. The Kier molecular flexibility index (Phi) is 5.73. The van der Waals surface area contributed by atoms with Gasteiger partial charge in [-0.2, -0.15) is 5.26 Å². The number of nitrogens with one attached hydrogen (secondary N) is 1. The second kappa shape index (κ2) is 7.93. The highest BCUT2D eigenvalue weighted by Gasteiger charge is 2.34. The molecule has 0 aliphatic carbocycles. The van der Waals surface area contributed by atoms with Gasteiger partial charge >= 0.3 is 0 Å². The first-order chi connectivity index (χ1) is 13.6. The number of anilines is 2. The van der Waals surface area contributed by atoms with Crippen LogP contribution in [0.4, 0.5) is 11.4 Å². The van der Waals surface area contributed by atoms with Crippen LogP contribution in [-0.4, -0.2) is 18.5 Å². The van der Waals surface area contributed by atoms with Gasteiger partial charge in [0.1, 0.15) is 11.6 Å². The number of nitrogens with zero attached hydrogens (tertiary/aromatic N) is 2. The maximum Gasteiger partial charge on any atom is 0.266 e. The largest absolute Gasteiger partial charge is 0.369 e. The molecule has 2 aromatic rings. The molecule has 0 spiro atoms. The Balaban J connectivity index is 1.97. The van der Waals surface area contributed by atoms with E-state index in [9.17, 15) is 10.1 Å². The lowest BCUT2D eigenvalue weighted by Gasteiger charge is -2.45. The molecule has 0 saturated carbocycles. The number of fused-ring (bicyclic) bond motifs is 1. The molecular formula is C24H26ClN3O. The fraction of sp³-hybridized carbons (Fsp3) is 0.333. The zero-order valence-corrected chi connectivity index (χ0v) is 18.3. The normalized spacial score (nSPS) is 18.0. The second-order valence-corrected chi connectivity index (χ2v) is 8.76. The van der Waals surface area contributed by atoms with Gasteiger partial charge in [0, 0.05) is 18.3 Å². The van der Waals surface area contributed by atoms with Gasteiger partial charge in [0.05, 0.1) is 10.7 Å². The third-order valence-electron chi connectivity index (χ3n) is 5.81. The molecule has 1 unspecified atom stereocenters. The van der Waals surface area contributed by atoms with Crippen molar-refractivity contribution in [1.82, 2.24) is 0 Å². The van der Waals surface area contributed by atoms with E-state index < -0.39 is 5.91 Å². The van der Waals surface area contributed by atoms with Gasteiger partial charge in [-0.25, -0.2) is 0 Å². The van der Waals surface area contributed by atoms with E-state index in [0.29, 0.717) is 16.6 Å². The van der Waals surface area contributed by atoms with E-state index >= 15 is 0 Å². The predicted octanol–water partition coefficient (Wildman–Crippen LogP) is 5.92. The van der Waals surface area contributed by atoms with E-state index in [4.69, 9.17) is 11.6 Å². The van der Waals surface area contributed by atoms with Crippen molar-refractivity contribution in [2.75, 3.05) is 17.3 Å². The Morgan fingerprint density at radius 3 is 2.69 bits per heavy atom. The van der Waals surface area contributed by atoms with Crippen LogP contribution in [0.15, 0.2) is 42.0 Å². The van der Waals surface area contributed by atoms with Crippen LogP contribution in [0.2, 0.25) is 5.02 Å². The van der Waals surface area contributed by atoms with Gasteiger partial charge in [-0.1, -0.05) is 30.7 Å². The van der Waals surface area contributed by atoms with Crippen LogP contribution in [0.3, 0.4) is 0 Å². The predicted molar refractivity (Wildman–Crippen MR) is 120 cm³/mol. The SMILES string of the molecule is Cc1cc2c(cc1/C=C(/C#N)C(=O)Nc1ccccc1Cl)C(C)CC(C)(C)N2C. The standard InChI is InChI=1S/C24H26ClN3O/c1-15-10-22-19(16(2)13-24(3,4)28(22)5)12-17(15)11-18(14-26)23(29)27-21-9-7-6-8-20(21)25/h6-12,16H,13H2,1-5H3,(H,27,29)/b18-11-. The Hall–Kier alpha value is -2.77. The van der Waals surface area contributed by atoms with E-state index in [0.717, 1.165) is 17.5 Å². The lowest BCUT2D eigenvalue weighted by atomic mass is 9.79. The Bertz CT molecular complexity index is 1030. The van der Waals surface area contributed by atoms with Crippen molar-refractivity contribution in [3.63, 3.8) is 0 Å². The molecule has 1 atom stereocenters. The molecular weight excluding hydrogens is 382 g/mol. The number of hydrogen-bond donors (Lipinski definition) is 1. The van der Waals surface area contributed by atoms with Gasteiger partial charge < -0.3 is 10.2 Å². The molecule has 0 fully saturated rings. The highest BCUT2D eigenvalue weighted by atomic mass is 35.5. The van der Waals surface area contributed by atoms with Crippen molar-refractivity contribution in [2.45, 2.75) is 45.6 Å². The van der Waals surface area contributed by atoms with Gasteiger partial charge in [-0.05, 0) is 80.1 Å². The molecule has 3 rings (SSSR count). The van der Waals surface area contributed by atoms with Gasteiger partial charge in [0.2, 0.25) is 0 Å². The molecule has 0 radical (unpaired) electrons. The van der Waals surface area contributed by atoms with E-state index in [1.54, 1.807) is 30.3 Å². The lowest BCUT2D eigenvalue weighted by molar-refractivity contribution is -0.112. The molecule has 0 aromatic heterocycles. The van der Waals surface area contributed by atoms with Crippen LogP contribution in [0, 0.1) is 18.3 Å². The number of carbonyl (C=O) groups excluding carboxylic acids is 1. The van der Waals surface area contributed by atoms with Crippen molar-refractivity contribution >= 4 is 35.0 Å². The summed E-state index contributed by atoms with van der Waals surface area (Å²) in [6, 6.07) is 13.3. The Morgan fingerprint density at radius 2 is 2.03 bits per heavy atom. The maximum absolute atomic E-state index is 12.6. The molecule has 150 valence electrons. The monoisotopic (exact) mass is 407 g/mol. The zero-order valence-electron chi connectivity index (χ0n) is 17.5. The number of hydrogen-bond acceptors (Lipinski definition) is 3. The van der Waals surface area contributed by atoms with Gasteiger partial charge in [-0.3, -0.25) is 4.79 Å². The molecule has 1 heterocycles. The van der Waals surface area contributed by atoms with Crippen molar-refractivity contribution in [3.05, 3.63) is 63.7 Å². The Labute approximate surface area is 177 Å². The quantitative estimate of drug-likeness (QED) is 0.507. The van der Waals surface area contributed by atoms with Crippen molar-refractivity contribution in [1.29, 1.82) is 5.26 Å². The van der Waals surface area contributed by atoms with E-state index in [-0.39, 0.29) is 11.1 Å². The molecule has 5 heteroatoms. The van der Waals surface area contributed by atoms with E-state index in [2.05, 4.69) is 50.2 Å². The smallest absolute Gasteiger partial charge is 0.266 e. The second-order valence-electron chi connectivity index (χ2n) is 8.35. The van der Waals surface area contributed by atoms with Crippen LogP contribution in [0.1, 0.15) is 49.8 Å². The summed E-state index contributed by atoms with van der Waals surface area (Å²) in [4.78, 5) is 15.0. The molecule has 1 N–H and O–H groups in total. The number of rotatable bonds is 3. The third-order valence-corrected chi connectivity index (χ3v) is 6.14. The fourth-order valence-electron chi connectivity index (χ4n) is 3.95. The van der Waals surface area contributed by atoms with Gasteiger partial charge in [0.15, 0.2) is 0 Å². The summed E-state index contributed by atoms with van der Waals surface area (Å²) in [6.45, 7) is 8.74. The van der Waals surface area contributed by atoms with Crippen molar-refractivity contribution in [2.24, 2.45) is 0 Å². The highest BCUT2D eigenvalue weighted by Crippen LogP contribution is 2.43. The molecule has 0 saturated heterocycles. The van der Waals surface area contributed by atoms with Crippen LogP contribution in [0.25, 0.3) is 6.08 Å². The summed E-state index contributed by atoms with van der Waals surface area (Å²) >= 11 is 6.11. The minimum absolute atomic E-state index is 0.0464. The number of amides is 1. The first kappa shape index (κ1) is 21.0. The minimum Gasteiger partial charge on any atom is -0.369 e. The van der Waals surface area contributed by atoms with E-state index in [1.807, 2.05) is 13.0 Å². The van der Waals surface area contributed by atoms with Crippen LogP contribution < -0.4 is 10.2 Å². The first-order valence-electron chi connectivity index (χ1n) is 9.70. The number of halogens is 1. The van der Waals surface area contributed by atoms with Crippen molar-refractivity contribution in [3.8, 4) is 6.07 Å². The molecule has 1 aliphatic rings. The zero-order chi connectivity index (χ0) is 21.3. The summed E-state index contributed by atoms with van der Waals surface area (Å²) in [6.07, 6.45) is 2.70. The van der Waals surface area contributed by atoms with Crippen LogP contribution in [0.5, 0.6) is 0 Å². The fourth-order valence-corrected chi connectivity index (χ4v) is 4.13. The number of aryl methyl sites for hydroxylation is 1. The topological polar surface area (TPSA) is 56.1 Å². The summed E-state index contributed by atoms with van der Waals surface area (Å²) in [5.41, 5.74) is 4.98. The minimum atomic E-state index is -0.468. The first-order valence-corrected chi connectivity index (χ1v) is 10.1. The molecule has 1 aliphatic heterocycles. The number of para-hydroxylation sites is 1. The summed E-state index contributed by atoms with van der Waals surface area (Å²) in [5, 5.41) is 12.7. The maximum atomic E-state index is 12.6. The third kappa shape index (κ3) is 4.16. The highest BCUT2D eigenvalue weighted by molar-refractivity contribution is 6.34. The van der Waals surface area contributed by atoms with Gasteiger partial charge in [-0.15, -0.1) is 0 Å². The molecule has 1 amide bonds. The average Bonchev–Trinajstić information content (AvgIpc) is 2.66. The number of nitriles is 1. The van der Waals surface area contributed by atoms with Crippen LogP contribution in [-0.2, 0) is 4.79 Å². The number of carbonyl (C=O) groups is 1.